The fourth-order valence-corrected chi connectivity index (χ4v) is 3.33. The highest BCUT2D eigenvalue weighted by atomic mass is 35.5. The summed E-state index contributed by atoms with van der Waals surface area (Å²) in [7, 11) is 1.63. The van der Waals surface area contributed by atoms with Gasteiger partial charge in [0.2, 0.25) is 0 Å². The molecule has 152 valence electrons. The van der Waals surface area contributed by atoms with Crippen molar-refractivity contribution in [2.75, 3.05) is 19.0 Å². The fraction of sp³-hybridized carbons (Fsp3) is 0.238. The largest absolute Gasteiger partial charge is 0.395 e. The molecule has 2 amide bonds. The lowest BCUT2D eigenvalue weighted by atomic mass is 10.0. The molecule has 0 fully saturated rings. The van der Waals surface area contributed by atoms with Gasteiger partial charge in [-0.15, -0.1) is 0 Å². The summed E-state index contributed by atoms with van der Waals surface area (Å²) in [5.41, 5.74) is 0.942. The number of aromatic nitrogens is 1. The van der Waals surface area contributed by atoms with Crippen LogP contribution in [0.5, 0.6) is 0 Å². The molecule has 0 bridgehead atoms. The zero-order chi connectivity index (χ0) is 21.1. The molecule has 0 saturated carbocycles. The molecule has 29 heavy (non-hydrogen) atoms. The molecular formula is C21H21ClFN3O3. The van der Waals surface area contributed by atoms with Crippen molar-refractivity contribution < 1.29 is 14.3 Å². The van der Waals surface area contributed by atoms with E-state index in [0.717, 1.165) is 10.9 Å². The monoisotopic (exact) mass is 417 g/mol. The number of benzene rings is 2. The van der Waals surface area contributed by atoms with E-state index in [-0.39, 0.29) is 29.8 Å². The lowest BCUT2D eigenvalue weighted by molar-refractivity contribution is 0.208. The van der Waals surface area contributed by atoms with E-state index in [1.807, 2.05) is 19.1 Å². The maximum atomic E-state index is 13.3. The van der Waals surface area contributed by atoms with Crippen LogP contribution in [0, 0.1) is 5.82 Å². The molecule has 0 aliphatic carbocycles. The molecule has 3 aromatic rings. The number of carbonyl (C=O) groups is 1. The first-order chi connectivity index (χ1) is 13.8. The van der Waals surface area contributed by atoms with Gasteiger partial charge in [-0.05, 0) is 42.1 Å². The predicted molar refractivity (Wildman–Crippen MR) is 112 cm³/mol. The van der Waals surface area contributed by atoms with Crippen LogP contribution < -0.4 is 10.9 Å². The van der Waals surface area contributed by atoms with Crippen LogP contribution in [-0.2, 0) is 6.54 Å². The van der Waals surface area contributed by atoms with Gasteiger partial charge in [0.1, 0.15) is 5.82 Å². The van der Waals surface area contributed by atoms with Gasteiger partial charge in [0, 0.05) is 30.9 Å². The molecule has 2 aromatic carbocycles. The van der Waals surface area contributed by atoms with Gasteiger partial charge in [0.25, 0.3) is 5.56 Å². The number of nitrogens with zero attached hydrogens (tertiary/aromatic N) is 2. The van der Waals surface area contributed by atoms with Crippen molar-refractivity contribution in [3.63, 3.8) is 0 Å². The molecule has 8 heteroatoms. The zero-order valence-corrected chi connectivity index (χ0v) is 16.8. The Morgan fingerprint density at radius 2 is 1.97 bits per heavy atom. The quantitative estimate of drug-likeness (QED) is 0.658. The van der Waals surface area contributed by atoms with Crippen LogP contribution in [0.25, 0.3) is 10.8 Å². The molecule has 2 N–H and O–H groups in total. The number of pyridine rings is 1. The Morgan fingerprint density at radius 1 is 1.28 bits per heavy atom. The molecular weight excluding hydrogens is 397 g/mol. The highest BCUT2D eigenvalue weighted by Crippen LogP contribution is 2.27. The van der Waals surface area contributed by atoms with Crippen LogP contribution in [0.4, 0.5) is 14.9 Å². The summed E-state index contributed by atoms with van der Waals surface area (Å²) >= 11 is 5.77. The number of aliphatic hydroxyl groups excluding tert-OH is 1. The Balaban J connectivity index is 1.94. The van der Waals surface area contributed by atoms with Gasteiger partial charge in [0.05, 0.1) is 17.7 Å². The summed E-state index contributed by atoms with van der Waals surface area (Å²) < 4.78 is 14.8. The van der Waals surface area contributed by atoms with Crippen LogP contribution in [-0.4, -0.2) is 34.3 Å². The van der Waals surface area contributed by atoms with Gasteiger partial charge in [-0.3, -0.25) is 4.79 Å². The number of halogens is 2. The zero-order valence-electron chi connectivity index (χ0n) is 16.0. The van der Waals surface area contributed by atoms with Gasteiger partial charge in [-0.25, -0.2) is 9.18 Å². The molecule has 3 rings (SSSR count). The third kappa shape index (κ3) is 4.26. The number of fused-ring (bicyclic) bond motifs is 1. The number of hydrogen-bond donors (Lipinski definition) is 2. The number of rotatable bonds is 5. The number of nitrogens with one attached hydrogen (secondary N) is 1. The van der Waals surface area contributed by atoms with Gasteiger partial charge in [0.15, 0.2) is 0 Å². The molecule has 0 spiro atoms. The number of carbonyl (C=O) groups excluding carboxylic acids is 1. The summed E-state index contributed by atoms with van der Waals surface area (Å²) in [5.74, 6) is -0.566. The summed E-state index contributed by atoms with van der Waals surface area (Å²) in [4.78, 5) is 26.8. The maximum absolute atomic E-state index is 13.3. The molecule has 1 aromatic heterocycles. The van der Waals surface area contributed by atoms with Gasteiger partial charge in [-0.1, -0.05) is 29.8 Å². The Hall–Kier alpha value is -2.90. The van der Waals surface area contributed by atoms with Gasteiger partial charge in [-0.2, -0.15) is 0 Å². The third-order valence-corrected chi connectivity index (χ3v) is 5.18. The van der Waals surface area contributed by atoms with Crippen molar-refractivity contribution in [1.29, 1.82) is 0 Å². The van der Waals surface area contributed by atoms with E-state index in [4.69, 9.17) is 11.6 Å². The molecule has 0 saturated heterocycles. The van der Waals surface area contributed by atoms with Crippen LogP contribution in [0.3, 0.4) is 0 Å². The maximum Gasteiger partial charge on any atom is 0.322 e. The number of hydrogen-bond acceptors (Lipinski definition) is 3. The lowest BCUT2D eigenvalue weighted by Gasteiger charge is -2.27. The highest BCUT2D eigenvalue weighted by Gasteiger charge is 2.21. The summed E-state index contributed by atoms with van der Waals surface area (Å²) in [5, 5.41) is 13.1. The molecule has 6 nitrogen and oxygen atoms in total. The van der Waals surface area contributed by atoms with Crippen molar-refractivity contribution in [2.45, 2.75) is 19.5 Å². The minimum atomic E-state index is -0.566. The Morgan fingerprint density at radius 3 is 2.62 bits per heavy atom. The smallest absolute Gasteiger partial charge is 0.322 e. The van der Waals surface area contributed by atoms with E-state index in [0.29, 0.717) is 11.1 Å². The normalized spacial score (nSPS) is 12.0. The third-order valence-electron chi connectivity index (χ3n) is 4.89. The number of urea groups is 1. The second-order valence-corrected chi connectivity index (χ2v) is 7.11. The standard InChI is InChI=1S/C21H21ClFN3O3/c1-13(25(2)21(29)24-14-7-8-19(23)18(22)11-14)17-12-26(9-10-27)20(28)16-6-4-3-5-15(16)17/h3-8,11-13,27H,9-10H2,1-2H3,(H,24,29)/t13-/m1/s1. The highest BCUT2D eigenvalue weighted by molar-refractivity contribution is 6.31. The van der Waals surface area contributed by atoms with E-state index >= 15 is 0 Å². The first-order valence-electron chi connectivity index (χ1n) is 9.05. The van der Waals surface area contributed by atoms with Crippen molar-refractivity contribution in [3.8, 4) is 0 Å². The van der Waals surface area contributed by atoms with Crippen LogP contribution >= 0.6 is 11.6 Å². The number of aliphatic hydroxyl groups is 1. The molecule has 1 atom stereocenters. The van der Waals surface area contributed by atoms with Crippen LogP contribution in [0.1, 0.15) is 18.5 Å². The molecule has 0 radical (unpaired) electrons. The minimum Gasteiger partial charge on any atom is -0.395 e. The van der Waals surface area contributed by atoms with Crippen LogP contribution in [0.2, 0.25) is 5.02 Å². The first kappa shape index (κ1) is 20.8. The topological polar surface area (TPSA) is 74.6 Å². The summed E-state index contributed by atoms with van der Waals surface area (Å²) in [6, 6.07) is 10.3. The molecule has 0 aliphatic heterocycles. The minimum absolute atomic E-state index is 0.0828. The van der Waals surface area contributed by atoms with Gasteiger partial charge >= 0.3 is 6.03 Å². The van der Waals surface area contributed by atoms with Gasteiger partial charge < -0.3 is 19.9 Å². The fourth-order valence-electron chi connectivity index (χ4n) is 3.15. The Bertz CT molecular complexity index is 1120. The van der Waals surface area contributed by atoms with E-state index in [9.17, 15) is 19.1 Å². The van der Waals surface area contributed by atoms with E-state index in [2.05, 4.69) is 5.32 Å². The van der Waals surface area contributed by atoms with Crippen molar-refractivity contribution in [2.24, 2.45) is 0 Å². The van der Waals surface area contributed by atoms with Crippen molar-refractivity contribution in [3.05, 3.63) is 75.4 Å². The number of anilines is 1. The van der Waals surface area contributed by atoms with Crippen molar-refractivity contribution in [1.82, 2.24) is 9.47 Å². The lowest BCUT2D eigenvalue weighted by Crippen LogP contribution is -2.34. The predicted octanol–water partition coefficient (Wildman–Crippen LogP) is 4.01. The van der Waals surface area contributed by atoms with Crippen molar-refractivity contribution >= 4 is 34.1 Å². The summed E-state index contributed by atoms with van der Waals surface area (Å²) in [6.07, 6.45) is 1.67. The second kappa shape index (κ2) is 8.63. The Kier molecular flexibility index (Phi) is 6.20. The molecule has 0 unspecified atom stereocenters. The van der Waals surface area contributed by atoms with E-state index in [1.165, 1.54) is 27.7 Å². The number of amides is 2. The Labute approximate surface area is 172 Å². The van der Waals surface area contributed by atoms with Crippen LogP contribution in [0.15, 0.2) is 53.5 Å². The average molecular weight is 418 g/mol. The first-order valence-corrected chi connectivity index (χ1v) is 9.43. The SMILES string of the molecule is C[C@H](c1cn(CCO)c(=O)c2ccccc12)N(C)C(=O)Nc1ccc(F)c(Cl)c1. The molecule has 1 heterocycles. The molecule has 0 aliphatic rings. The van der Waals surface area contributed by atoms with E-state index in [1.54, 1.807) is 25.4 Å². The second-order valence-electron chi connectivity index (χ2n) is 6.70. The average Bonchev–Trinajstić information content (AvgIpc) is 2.72. The summed E-state index contributed by atoms with van der Waals surface area (Å²) in [6.45, 7) is 1.83. The van der Waals surface area contributed by atoms with E-state index < -0.39 is 11.8 Å².